The quantitative estimate of drug-likeness (QED) is 0.851. The number of imidazole rings is 1. The number of hydrogen-bond acceptors (Lipinski definition) is 2. The van der Waals surface area contributed by atoms with Gasteiger partial charge in [0.2, 0.25) is 0 Å². The molecule has 0 amide bonds. The first-order chi connectivity index (χ1) is 8.79. The highest BCUT2D eigenvalue weighted by Crippen LogP contribution is 2.30. The van der Waals surface area contributed by atoms with Gasteiger partial charge < -0.3 is 9.55 Å². The van der Waals surface area contributed by atoms with Crippen molar-refractivity contribution in [2.75, 3.05) is 0 Å². The molecule has 0 saturated heterocycles. The molecule has 3 rings (SSSR count). The summed E-state index contributed by atoms with van der Waals surface area (Å²) >= 11 is 5.36. The predicted octanol–water partition coefficient (Wildman–Crippen LogP) is 3.76. The first-order valence-electron chi connectivity index (χ1n) is 6.41. The number of para-hydroxylation sites is 1. The minimum absolute atomic E-state index is 0.668. The second kappa shape index (κ2) is 4.58. The van der Waals surface area contributed by atoms with Gasteiger partial charge in [0.05, 0.1) is 16.6 Å². The highest BCUT2D eigenvalue weighted by atomic mass is 32.1. The third-order valence-corrected chi connectivity index (χ3v) is 4.24. The molecule has 1 aliphatic rings. The van der Waals surface area contributed by atoms with Gasteiger partial charge in [-0.25, -0.2) is 0 Å². The SMILES string of the molecule is N#Cc1cccc2c1[nH]c(=S)n2CCC1CCC1. The van der Waals surface area contributed by atoms with Crippen molar-refractivity contribution in [3.63, 3.8) is 0 Å². The number of nitriles is 1. The number of H-pyrrole nitrogens is 1. The Hall–Kier alpha value is -1.60. The number of aromatic nitrogens is 2. The highest BCUT2D eigenvalue weighted by Gasteiger charge is 2.17. The van der Waals surface area contributed by atoms with E-state index in [9.17, 15) is 0 Å². The maximum Gasteiger partial charge on any atom is 0.178 e. The van der Waals surface area contributed by atoms with Gasteiger partial charge in [-0.15, -0.1) is 0 Å². The maximum absolute atomic E-state index is 9.09. The Kier molecular flexibility index (Phi) is 2.92. The van der Waals surface area contributed by atoms with Crippen LogP contribution in [0.15, 0.2) is 18.2 Å². The lowest BCUT2D eigenvalue weighted by Crippen LogP contribution is -2.13. The fourth-order valence-corrected chi connectivity index (χ4v) is 2.88. The normalized spacial score (nSPS) is 15.5. The summed E-state index contributed by atoms with van der Waals surface area (Å²) in [6, 6.07) is 7.98. The average molecular weight is 257 g/mol. The number of aryl methyl sites for hydroxylation is 1. The molecule has 1 fully saturated rings. The third-order valence-electron chi connectivity index (χ3n) is 3.92. The molecule has 0 bridgehead atoms. The Balaban J connectivity index is 1.98. The van der Waals surface area contributed by atoms with Crippen LogP contribution in [0.2, 0.25) is 0 Å². The van der Waals surface area contributed by atoms with E-state index in [4.69, 9.17) is 17.5 Å². The van der Waals surface area contributed by atoms with E-state index in [1.54, 1.807) is 0 Å². The number of aromatic amines is 1. The van der Waals surface area contributed by atoms with Crippen molar-refractivity contribution in [3.8, 4) is 6.07 Å². The molecule has 1 aliphatic carbocycles. The molecule has 1 N–H and O–H groups in total. The van der Waals surface area contributed by atoms with E-state index in [1.807, 2.05) is 18.2 Å². The molecule has 1 saturated carbocycles. The molecule has 92 valence electrons. The fourth-order valence-electron chi connectivity index (χ4n) is 2.59. The van der Waals surface area contributed by atoms with Crippen LogP contribution in [0.1, 0.15) is 31.2 Å². The van der Waals surface area contributed by atoms with Gasteiger partial charge in [-0.3, -0.25) is 0 Å². The summed E-state index contributed by atoms with van der Waals surface area (Å²) in [5.74, 6) is 0.871. The zero-order chi connectivity index (χ0) is 12.5. The van der Waals surface area contributed by atoms with Gasteiger partial charge in [-0.05, 0) is 36.7 Å². The summed E-state index contributed by atoms with van der Waals surface area (Å²) in [5.41, 5.74) is 2.60. The Morgan fingerprint density at radius 2 is 2.28 bits per heavy atom. The molecular weight excluding hydrogens is 242 g/mol. The summed E-state index contributed by atoms with van der Waals surface area (Å²) in [7, 11) is 0. The van der Waals surface area contributed by atoms with Crippen molar-refractivity contribution >= 4 is 23.3 Å². The smallest absolute Gasteiger partial charge is 0.178 e. The molecule has 18 heavy (non-hydrogen) atoms. The number of nitrogens with zero attached hydrogens (tertiary/aromatic N) is 2. The molecule has 3 nitrogen and oxygen atoms in total. The standard InChI is InChI=1S/C14H15N3S/c15-9-11-5-2-6-12-13(11)16-14(18)17(12)8-7-10-3-1-4-10/h2,5-6,10H,1,3-4,7-8H2,(H,16,18). The lowest BCUT2D eigenvalue weighted by molar-refractivity contribution is 0.283. The predicted molar refractivity (Wildman–Crippen MR) is 73.8 cm³/mol. The summed E-state index contributed by atoms with van der Waals surface area (Å²) in [6.07, 6.45) is 5.29. The average Bonchev–Trinajstić information content (AvgIpc) is 2.64. The Morgan fingerprint density at radius 1 is 1.44 bits per heavy atom. The van der Waals surface area contributed by atoms with Crippen LogP contribution in [0.3, 0.4) is 0 Å². The van der Waals surface area contributed by atoms with Gasteiger partial charge in [0, 0.05) is 6.54 Å². The van der Waals surface area contributed by atoms with Crippen molar-refractivity contribution in [1.82, 2.24) is 9.55 Å². The van der Waals surface area contributed by atoms with E-state index in [1.165, 1.54) is 25.7 Å². The van der Waals surface area contributed by atoms with Gasteiger partial charge in [0.25, 0.3) is 0 Å². The molecule has 1 aromatic heterocycles. The summed E-state index contributed by atoms with van der Waals surface area (Å²) in [5, 5.41) is 9.09. The second-order valence-electron chi connectivity index (χ2n) is 4.98. The molecule has 1 heterocycles. The van der Waals surface area contributed by atoms with E-state index in [2.05, 4.69) is 15.6 Å². The van der Waals surface area contributed by atoms with Crippen LogP contribution in [0.25, 0.3) is 11.0 Å². The molecule has 0 spiro atoms. The fraction of sp³-hybridized carbons (Fsp3) is 0.429. The zero-order valence-electron chi connectivity index (χ0n) is 10.1. The van der Waals surface area contributed by atoms with Crippen molar-refractivity contribution in [2.45, 2.75) is 32.2 Å². The lowest BCUT2D eigenvalue weighted by atomic mass is 9.83. The third kappa shape index (κ3) is 1.85. The second-order valence-corrected chi connectivity index (χ2v) is 5.37. The van der Waals surface area contributed by atoms with Gasteiger partial charge >= 0.3 is 0 Å². The van der Waals surface area contributed by atoms with Gasteiger partial charge in [-0.1, -0.05) is 25.3 Å². The maximum atomic E-state index is 9.09. The molecule has 2 aromatic rings. The molecule has 4 heteroatoms. The summed E-state index contributed by atoms with van der Waals surface area (Å²) in [6.45, 7) is 0.957. The van der Waals surface area contributed by atoms with E-state index in [0.29, 0.717) is 5.56 Å². The van der Waals surface area contributed by atoms with Crippen molar-refractivity contribution < 1.29 is 0 Å². The largest absolute Gasteiger partial charge is 0.329 e. The van der Waals surface area contributed by atoms with E-state index in [0.717, 1.165) is 28.3 Å². The van der Waals surface area contributed by atoms with Gasteiger partial charge in [0.1, 0.15) is 6.07 Å². The monoisotopic (exact) mass is 257 g/mol. The molecule has 0 atom stereocenters. The minimum atomic E-state index is 0.668. The van der Waals surface area contributed by atoms with Crippen LogP contribution in [-0.4, -0.2) is 9.55 Å². The Morgan fingerprint density at radius 3 is 2.94 bits per heavy atom. The Labute approximate surface area is 111 Å². The number of rotatable bonds is 3. The Bertz CT molecular complexity index is 670. The van der Waals surface area contributed by atoms with E-state index >= 15 is 0 Å². The van der Waals surface area contributed by atoms with Crippen molar-refractivity contribution in [1.29, 1.82) is 5.26 Å². The van der Waals surface area contributed by atoms with Crippen LogP contribution < -0.4 is 0 Å². The molecule has 0 aliphatic heterocycles. The van der Waals surface area contributed by atoms with Crippen molar-refractivity contribution in [3.05, 3.63) is 28.5 Å². The lowest BCUT2D eigenvalue weighted by Gasteiger charge is -2.25. The first kappa shape index (κ1) is 11.5. The van der Waals surface area contributed by atoms with Crippen LogP contribution in [0.5, 0.6) is 0 Å². The van der Waals surface area contributed by atoms with E-state index in [-0.39, 0.29) is 0 Å². The van der Waals surface area contributed by atoms with Gasteiger partial charge in [-0.2, -0.15) is 5.26 Å². The van der Waals surface area contributed by atoms with Crippen LogP contribution >= 0.6 is 12.2 Å². The molecule has 1 aromatic carbocycles. The summed E-state index contributed by atoms with van der Waals surface area (Å²) < 4.78 is 2.86. The van der Waals surface area contributed by atoms with Crippen LogP contribution in [-0.2, 0) is 6.54 Å². The van der Waals surface area contributed by atoms with Crippen LogP contribution in [0, 0.1) is 22.0 Å². The van der Waals surface area contributed by atoms with Crippen molar-refractivity contribution in [2.24, 2.45) is 5.92 Å². The molecule has 0 radical (unpaired) electrons. The van der Waals surface area contributed by atoms with Gasteiger partial charge in [0.15, 0.2) is 4.77 Å². The number of hydrogen-bond donors (Lipinski definition) is 1. The number of nitrogens with one attached hydrogen (secondary N) is 1. The number of benzene rings is 1. The first-order valence-corrected chi connectivity index (χ1v) is 6.82. The summed E-state index contributed by atoms with van der Waals surface area (Å²) in [4.78, 5) is 3.16. The zero-order valence-corrected chi connectivity index (χ0v) is 11.0. The van der Waals surface area contributed by atoms with E-state index < -0.39 is 0 Å². The minimum Gasteiger partial charge on any atom is -0.329 e. The molecule has 0 unspecified atom stereocenters. The number of fused-ring (bicyclic) bond motifs is 1. The topological polar surface area (TPSA) is 44.5 Å². The highest BCUT2D eigenvalue weighted by molar-refractivity contribution is 7.71. The van der Waals surface area contributed by atoms with Crippen LogP contribution in [0.4, 0.5) is 0 Å². The molecular formula is C14H15N3S.